The molecule has 1 saturated carbocycles. The maximum Gasteiger partial charge on any atom is 0.318 e. The molecule has 0 spiro atoms. The highest BCUT2D eigenvalue weighted by molar-refractivity contribution is 5.27. The molecule has 0 aromatic carbocycles. The fourth-order valence-corrected chi connectivity index (χ4v) is 1.45. The highest BCUT2D eigenvalue weighted by atomic mass is 16.4. The molecule has 0 bridgehead atoms. The summed E-state index contributed by atoms with van der Waals surface area (Å²) in [6.45, 7) is 3.78. The Labute approximate surface area is 89.9 Å². The van der Waals surface area contributed by atoms with E-state index in [1.807, 2.05) is 7.05 Å². The Morgan fingerprint density at radius 2 is 2.27 bits per heavy atom. The minimum absolute atomic E-state index is 0.613. The topological polar surface area (TPSA) is 54.2 Å². The minimum Gasteiger partial charge on any atom is -0.407 e. The maximum absolute atomic E-state index is 5.53. The second kappa shape index (κ2) is 4.61. The molecule has 1 aliphatic carbocycles. The summed E-state index contributed by atoms with van der Waals surface area (Å²) in [6.07, 6.45) is 3.59. The van der Waals surface area contributed by atoms with Gasteiger partial charge in [-0.3, -0.25) is 0 Å². The quantitative estimate of drug-likeness (QED) is 0.714. The third-order valence-corrected chi connectivity index (χ3v) is 2.56. The first-order chi connectivity index (χ1) is 7.31. The molecule has 5 nitrogen and oxygen atoms in total. The molecule has 0 unspecified atom stereocenters. The largest absolute Gasteiger partial charge is 0.407 e. The van der Waals surface area contributed by atoms with Crippen LogP contribution >= 0.6 is 0 Å². The third kappa shape index (κ3) is 2.68. The summed E-state index contributed by atoms with van der Waals surface area (Å²) in [5.74, 6) is 0.672. The van der Waals surface area contributed by atoms with E-state index in [2.05, 4.69) is 27.3 Å². The summed E-state index contributed by atoms with van der Waals surface area (Å²) < 4.78 is 5.53. The van der Waals surface area contributed by atoms with Gasteiger partial charge in [0.1, 0.15) is 0 Å². The second-order valence-electron chi connectivity index (χ2n) is 4.00. The van der Waals surface area contributed by atoms with Gasteiger partial charge in [-0.05, 0) is 25.8 Å². The standard InChI is InChI=1S/C10H18N4O/c1-3-6-11-7-9-12-13-10(15-9)14(2)8-4-5-8/h8,11H,3-7H2,1-2H3. The first-order valence-corrected chi connectivity index (χ1v) is 5.57. The van der Waals surface area contributed by atoms with Crippen LogP contribution < -0.4 is 10.2 Å². The zero-order chi connectivity index (χ0) is 10.7. The Bertz CT molecular complexity index is 308. The highest BCUT2D eigenvalue weighted by Crippen LogP contribution is 2.29. The molecule has 0 radical (unpaired) electrons. The van der Waals surface area contributed by atoms with Crippen LogP contribution in [0.5, 0.6) is 0 Å². The van der Waals surface area contributed by atoms with Crippen molar-refractivity contribution in [2.45, 2.75) is 38.8 Å². The van der Waals surface area contributed by atoms with E-state index in [9.17, 15) is 0 Å². The molecule has 1 aromatic heterocycles. The van der Waals surface area contributed by atoms with Gasteiger partial charge >= 0.3 is 6.01 Å². The normalized spacial score (nSPS) is 15.6. The third-order valence-electron chi connectivity index (χ3n) is 2.56. The molecule has 0 atom stereocenters. The van der Waals surface area contributed by atoms with Crippen LogP contribution in [0.25, 0.3) is 0 Å². The van der Waals surface area contributed by atoms with Crippen molar-refractivity contribution in [3.63, 3.8) is 0 Å². The summed E-state index contributed by atoms with van der Waals surface area (Å²) >= 11 is 0. The molecule has 1 aromatic rings. The van der Waals surface area contributed by atoms with Crippen molar-refractivity contribution in [2.24, 2.45) is 0 Å². The predicted molar refractivity (Wildman–Crippen MR) is 57.7 cm³/mol. The molecule has 0 amide bonds. The van der Waals surface area contributed by atoms with Crippen LogP contribution in [0.15, 0.2) is 4.42 Å². The van der Waals surface area contributed by atoms with Crippen LogP contribution in [0.3, 0.4) is 0 Å². The molecule has 1 aliphatic rings. The molecule has 0 aliphatic heterocycles. The van der Waals surface area contributed by atoms with E-state index >= 15 is 0 Å². The highest BCUT2D eigenvalue weighted by Gasteiger charge is 2.29. The first kappa shape index (κ1) is 10.4. The number of nitrogens with zero attached hydrogens (tertiary/aromatic N) is 3. The van der Waals surface area contributed by atoms with E-state index in [1.165, 1.54) is 12.8 Å². The van der Waals surface area contributed by atoms with Crippen LogP contribution in [0.2, 0.25) is 0 Å². The Kier molecular flexibility index (Phi) is 3.20. The molecule has 15 heavy (non-hydrogen) atoms. The Hall–Kier alpha value is -1.10. The monoisotopic (exact) mass is 210 g/mol. The van der Waals surface area contributed by atoms with Gasteiger partial charge in [-0.15, -0.1) is 5.10 Å². The lowest BCUT2D eigenvalue weighted by Crippen LogP contribution is -2.19. The van der Waals surface area contributed by atoms with E-state index in [0.717, 1.165) is 13.0 Å². The summed E-state index contributed by atoms with van der Waals surface area (Å²) in [4.78, 5) is 2.07. The van der Waals surface area contributed by atoms with Gasteiger partial charge in [-0.2, -0.15) is 0 Å². The van der Waals surface area contributed by atoms with Gasteiger partial charge in [0.05, 0.1) is 6.54 Å². The van der Waals surface area contributed by atoms with E-state index in [0.29, 0.717) is 24.5 Å². The number of nitrogens with one attached hydrogen (secondary N) is 1. The number of rotatable bonds is 6. The molecule has 2 rings (SSSR count). The maximum atomic E-state index is 5.53. The zero-order valence-corrected chi connectivity index (χ0v) is 9.36. The van der Waals surface area contributed by atoms with Crippen LogP contribution in [0.1, 0.15) is 32.1 Å². The Morgan fingerprint density at radius 1 is 1.47 bits per heavy atom. The summed E-state index contributed by atoms with van der Waals surface area (Å²) in [6, 6.07) is 1.26. The van der Waals surface area contributed by atoms with Crippen LogP contribution in [0.4, 0.5) is 6.01 Å². The average molecular weight is 210 g/mol. The molecule has 84 valence electrons. The smallest absolute Gasteiger partial charge is 0.318 e. The number of hydrogen-bond acceptors (Lipinski definition) is 5. The average Bonchev–Trinajstić information content (AvgIpc) is 2.98. The van der Waals surface area contributed by atoms with E-state index < -0.39 is 0 Å². The molecule has 1 fully saturated rings. The fourth-order valence-electron chi connectivity index (χ4n) is 1.45. The van der Waals surface area contributed by atoms with Crippen molar-refractivity contribution in [1.82, 2.24) is 15.5 Å². The lowest BCUT2D eigenvalue weighted by molar-refractivity contribution is 0.465. The van der Waals surface area contributed by atoms with Crippen molar-refractivity contribution in [3.05, 3.63) is 5.89 Å². The lowest BCUT2D eigenvalue weighted by atomic mass is 10.5. The van der Waals surface area contributed by atoms with Gasteiger partial charge in [0, 0.05) is 13.1 Å². The van der Waals surface area contributed by atoms with Crippen molar-refractivity contribution >= 4 is 6.01 Å². The van der Waals surface area contributed by atoms with Gasteiger partial charge in [0.15, 0.2) is 0 Å². The van der Waals surface area contributed by atoms with E-state index in [-0.39, 0.29) is 0 Å². The number of hydrogen-bond donors (Lipinski definition) is 1. The molecule has 1 heterocycles. The van der Waals surface area contributed by atoms with Crippen LogP contribution in [-0.4, -0.2) is 29.8 Å². The zero-order valence-electron chi connectivity index (χ0n) is 9.36. The van der Waals surface area contributed by atoms with Gasteiger partial charge in [-0.1, -0.05) is 12.0 Å². The molecule has 0 saturated heterocycles. The summed E-state index contributed by atoms with van der Waals surface area (Å²) in [7, 11) is 2.01. The molecular formula is C10H18N4O. The van der Waals surface area contributed by atoms with E-state index in [4.69, 9.17) is 4.42 Å². The Balaban J connectivity index is 1.85. The molecule has 5 heteroatoms. The lowest BCUT2D eigenvalue weighted by Gasteiger charge is -2.11. The van der Waals surface area contributed by atoms with Crippen molar-refractivity contribution in [2.75, 3.05) is 18.5 Å². The van der Waals surface area contributed by atoms with Crippen molar-refractivity contribution in [3.8, 4) is 0 Å². The van der Waals surface area contributed by atoms with Crippen LogP contribution in [-0.2, 0) is 6.54 Å². The molecular weight excluding hydrogens is 192 g/mol. The SMILES string of the molecule is CCCNCc1nnc(N(C)C2CC2)o1. The predicted octanol–water partition coefficient (Wildman–Crippen LogP) is 1.17. The van der Waals surface area contributed by atoms with Gasteiger partial charge < -0.3 is 14.6 Å². The minimum atomic E-state index is 0.613. The fraction of sp³-hybridized carbons (Fsp3) is 0.800. The second-order valence-corrected chi connectivity index (χ2v) is 4.00. The Morgan fingerprint density at radius 3 is 2.93 bits per heavy atom. The van der Waals surface area contributed by atoms with Gasteiger partial charge in [0.25, 0.3) is 0 Å². The van der Waals surface area contributed by atoms with Crippen molar-refractivity contribution in [1.29, 1.82) is 0 Å². The number of anilines is 1. The first-order valence-electron chi connectivity index (χ1n) is 5.57. The van der Waals surface area contributed by atoms with Gasteiger partial charge in [0.2, 0.25) is 5.89 Å². The van der Waals surface area contributed by atoms with Crippen molar-refractivity contribution < 1.29 is 4.42 Å². The number of aromatic nitrogens is 2. The van der Waals surface area contributed by atoms with E-state index in [1.54, 1.807) is 0 Å². The van der Waals surface area contributed by atoms with Crippen LogP contribution in [0, 0.1) is 0 Å². The van der Waals surface area contributed by atoms with Gasteiger partial charge in [-0.25, -0.2) is 0 Å². The molecule has 1 N–H and O–H groups in total. The summed E-state index contributed by atoms with van der Waals surface area (Å²) in [5.41, 5.74) is 0. The summed E-state index contributed by atoms with van der Waals surface area (Å²) in [5, 5.41) is 11.3.